The summed E-state index contributed by atoms with van der Waals surface area (Å²) in [6.07, 6.45) is 0.301. The molecule has 0 saturated heterocycles. The average Bonchev–Trinajstić information content (AvgIpc) is 3.15. The Bertz CT molecular complexity index is 890. The molecule has 0 radical (unpaired) electrons. The van der Waals surface area contributed by atoms with E-state index in [2.05, 4.69) is 26.3 Å². The summed E-state index contributed by atoms with van der Waals surface area (Å²) in [7, 11) is 0. The lowest BCUT2D eigenvalue weighted by atomic mass is 10.1. The first kappa shape index (κ1) is 17.3. The first-order valence-electron chi connectivity index (χ1n) is 8.17. The molecule has 3 rings (SSSR count). The number of aromatic nitrogens is 4. The van der Waals surface area contributed by atoms with Crippen molar-refractivity contribution in [2.45, 2.75) is 19.9 Å². The lowest BCUT2D eigenvalue weighted by Crippen LogP contribution is -2.41. The number of hydrazine groups is 1. The summed E-state index contributed by atoms with van der Waals surface area (Å²) in [6, 6.07) is 16.6. The molecule has 0 bridgehead atoms. The minimum atomic E-state index is -0.372. The second-order valence-electron chi connectivity index (χ2n) is 5.56. The smallest absolute Gasteiger partial charge is 0.269 e. The molecule has 2 aromatic carbocycles. The van der Waals surface area contributed by atoms with Crippen molar-refractivity contribution in [3.63, 3.8) is 0 Å². The Kier molecular flexibility index (Phi) is 5.33. The van der Waals surface area contributed by atoms with Gasteiger partial charge in [-0.1, -0.05) is 49.4 Å². The van der Waals surface area contributed by atoms with Gasteiger partial charge in [-0.2, -0.15) is 4.80 Å². The van der Waals surface area contributed by atoms with Gasteiger partial charge in [-0.3, -0.25) is 20.4 Å². The molecule has 0 atom stereocenters. The van der Waals surface area contributed by atoms with Gasteiger partial charge in [-0.15, -0.1) is 10.2 Å². The summed E-state index contributed by atoms with van der Waals surface area (Å²) in [5, 5.41) is 12.5. The van der Waals surface area contributed by atoms with Crippen molar-refractivity contribution in [3.05, 3.63) is 65.7 Å². The van der Waals surface area contributed by atoms with E-state index in [0.29, 0.717) is 24.4 Å². The van der Waals surface area contributed by atoms with E-state index in [1.807, 2.05) is 42.5 Å². The Balaban J connectivity index is 1.62. The number of carbonyl (C=O) groups excluding carboxylic acids is 2. The van der Waals surface area contributed by atoms with Crippen LogP contribution < -0.4 is 10.9 Å². The van der Waals surface area contributed by atoms with Crippen molar-refractivity contribution >= 4 is 11.8 Å². The van der Waals surface area contributed by atoms with Crippen LogP contribution in [0.15, 0.2) is 54.6 Å². The quantitative estimate of drug-likeness (QED) is 0.680. The number of hydrogen-bond acceptors (Lipinski definition) is 5. The summed E-state index contributed by atoms with van der Waals surface area (Å²) in [6.45, 7) is 2.14. The number of carbonyl (C=O) groups is 2. The van der Waals surface area contributed by atoms with Gasteiger partial charge in [-0.05, 0) is 22.9 Å². The summed E-state index contributed by atoms with van der Waals surface area (Å²) >= 11 is 0. The molecule has 0 unspecified atom stereocenters. The van der Waals surface area contributed by atoms with Gasteiger partial charge in [0.25, 0.3) is 5.91 Å². The third-order valence-corrected chi connectivity index (χ3v) is 3.66. The van der Waals surface area contributed by atoms with Crippen LogP contribution in [-0.2, 0) is 11.3 Å². The molecule has 0 saturated carbocycles. The van der Waals surface area contributed by atoms with Crippen LogP contribution in [0, 0.1) is 0 Å². The van der Waals surface area contributed by atoms with E-state index in [-0.39, 0.29) is 11.8 Å². The third kappa shape index (κ3) is 4.29. The SMILES string of the molecule is CCC(=O)NNC(=O)c1ccc(Cn2nnc(-c3ccccc3)n2)cc1. The fourth-order valence-corrected chi connectivity index (χ4v) is 2.22. The Morgan fingerprint density at radius 3 is 2.42 bits per heavy atom. The summed E-state index contributed by atoms with van der Waals surface area (Å²) in [4.78, 5) is 24.6. The normalized spacial score (nSPS) is 10.3. The number of nitrogens with one attached hydrogen (secondary N) is 2. The zero-order chi connectivity index (χ0) is 18.4. The Morgan fingerprint density at radius 1 is 1.00 bits per heavy atom. The van der Waals surface area contributed by atoms with Gasteiger partial charge in [-0.25, -0.2) is 0 Å². The number of hydrogen-bond donors (Lipinski definition) is 2. The molecule has 2 N–H and O–H groups in total. The summed E-state index contributed by atoms with van der Waals surface area (Å²) in [5.74, 6) is -0.0571. The van der Waals surface area contributed by atoms with Gasteiger partial charge >= 0.3 is 0 Å². The van der Waals surface area contributed by atoms with Crippen LogP contribution in [0.4, 0.5) is 0 Å². The van der Waals surface area contributed by atoms with Crippen LogP contribution in [0.25, 0.3) is 11.4 Å². The zero-order valence-corrected chi connectivity index (χ0v) is 14.2. The maximum absolute atomic E-state index is 11.9. The highest BCUT2D eigenvalue weighted by atomic mass is 16.2. The van der Waals surface area contributed by atoms with Crippen LogP contribution in [-0.4, -0.2) is 32.0 Å². The molecule has 8 nitrogen and oxygen atoms in total. The molecular formula is C18H18N6O2. The van der Waals surface area contributed by atoms with Crippen molar-refractivity contribution in [1.29, 1.82) is 0 Å². The zero-order valence-electron chi connectivity index (χ0n) is 14.2. The first-order chi connectivity index (χ1) is 12.7. The predicted molar refractivity (Wildman–Crippen MR) is 94.7 cm³/mol. The van der Waals surface area contributed by atoms with Crippen LogP contribution in [0.3, 0.4) is 0 Å². The maximum atomic E-state index is 11.9. The van der Waals surface area contributed by atoms with Crippen molar-refractivity contribution in [3.8, 4) is 11.4 Å². The molecule has 0 aliphatic carbocycles. The Hall–Kier alpha value is -3.55. The number of tetrazole rings is 1. The Morgan fingerprint density at radius 2 is 1.73 bits per heavy atom. The van der Waals surface area contributed by atoms with Gasteiger partial charge in [0.05, 0.1) is 6.54 Å². The standard InChI is InChI=1S/C18H18N6O2/c1-2-16(25)19-21-18(26)15-10-8-13(9-11-15)12-24-22-17(20-23-24)14-6-4-3-5-7-14/h3-11H,2,12H2,1H3,(H,19,25)(H,21,26). The number of nitrogens with zero attached hydrogens (tertiary/aromatic N) is 4. The molecule has 3 aromatic rings. The second kappa shape index (κ2) is 8.02. The van der Waals surface area contributed by atoms with Gasteiger partial charge in [0, 0.05) is 17.5 Å². The summed E-state index contributed by atoms with van der Waals surface area (Å²) < 4.78 is 0. The number of benzene rings is 2. The molecular weight excluding hydrogens is 332 g/mol. The molecule has 1 heterocycles. The minimum Gasteiger partial charge on any atom is -0.273 e. The van der Waals surface area contributed by atoms with E-state index in [1.165, 1.54) is 4.80 Å². The fraction of sp³-hybridized carbons (Fsp3) is 0.167. The topological polar surface area (TPSA) is 102 Å². The Labute approximate surface area is 150 Å². The lowest BCUT2D eigenvalue weighted by molar-refractivity contribution is -0.121. The molecule has 0 aliphatic rings. The van der Waals surface area contributed by atoms with E-state index in [9.17, 15) is 9.59 Å². The van der Waals surface area contributed by atoms with Gasteiger partial charge in [0.15, 0.2) is 0 Å². The highest BCUT2D eigenvalue weighted by molar-refractivity contribution is 5.95. The highest BCUT2D eigenvalue weighted by Gasteiger charge is 2.08. The fourth-order valence-electron chi connectivity index (χ4n) is 2.22. The molecule has 1 aromatic heterocycles. The number of amides is 2. The molecule has 132 valence electrons. The van der Waals surface area contributed by atoms with Crippen LogP contribution >= 0.6 is 0 Å². The van der Waals surface area contributed by atoms with Gasteiger partial charge < -0.3 is 0 Å². The van der Waals surface area contributed by atoms with Crippen molar-refractivity contribution in [2.75, 3.05) is 0 Å². The third-order valence-electron chi connectivity index (χ3n) is 3.66. The van der Waals surface area contributed by atoms with Crippen LogP contribution in [0.2, 0.25) is 0 Å². The molecule has 0 fully saturated rings. The average molecular weight is 350 g/mol. The van der Waals surface area contributed by atoms with E-state index in [1.54, 1.807) is 19.1 Å². The first-order valence-corrected chi connectivity index (χ1v) is 8.17. The second-order valence-corrected chi connectivity index (χ2v) is 5.56. The van der Waals surface area contributed by atoms with Gasteiger partial charge in [0.1, 0.15) is 0 Å². The monoisotopic (exact) mass is 350 g/mol. The highest BCUT2D eigenvalue weighted by Crippen LogP contribution is 2.12. The predicted octanol–water partition coefficient (Wildman–Crippen LogP) is 1.56. The summed E-state index contributed by atoms with van der Waals surface area (Å²) in [5.41, 5.74) is 6.97. The lowest BCUT2D eigenvalue weighted by Gasteiger charge is -2.06. The van der Waals surface area contributed by atoms with Crippen molar-refractivity contribution in [1.82, 2.24) is 31.1 Å². The largest absolute Gasteiger partial charge is 0.273 e. The molecule has 2 amide bonds. The minimum absolute atomic E-state index is 0.249. The van der Waals surface area contributed by atoms with Crippen LogP contribution in [0.1, 0.15) is 29.3 Å². The van der Waals surface area contributed by atoms with E-state index < -0.39 is 0 Å². The van der Waals surface area contributed by atoms with Crippen molar-refractivity contribution < 1.29 is 9.59 Å². The van der Waals surface area contributed by atoms with Crippen LogP contribution in [0.5, 0.6) is 0 Å². The van der Waals surface area contributed by atoms with Crippen molar-refractivity contribution in [2.24, 2.45) is 0 Å². The molecule has 0 spiro atoms. The maximum Gasteiger partial charge on any atom is 0.269 e. The van der Waals surface area contributed by atoms with Gasteiger partial charge in [0.2, 0.25) is 11.7 Å². The molecule has 0 aliphatic heterocycles. The molecule has 26 heavy (non-hydrogen) atoms. The van der Waals surface area contributed by atoms with E-state index in [0.717, 1.165) is 11.1 Å². The van der Waals surface area contributed by atoms with E-state index in [4.69, 9.17) is 0 Å². The number of rotatable bonds is 5. The molecule has 8 heteroatoms. The van der Waals surface area contributed by atoms with E-state index >= 15 is 0 Å².